The highest BCUT2D eigenvalue weighted by atomic mass is 35.5. The summed E-state index contributed by atoms with van der Waals surface area (Å²) in [4.78, 5) is 23.5. The molecule has 4 heterocycles. The van der Waals surface area contributed by atoms with E-state index in [2.05, 4.69) is 29.4 Å². The second-order valence-corrected chi connectivity index (χ2v) is 14.1. The molecule has 1 aromatic carbocycles. The van der Waals surface area contributed by atoms with Gasteiger partial charge in [0.25, 0.3) is 10.0 Å². The second-order valence-electron chi connectivity index (χ2n) is 8.38. The Hall–Kier alpha value is -1.37. The first kappa shape index (κ1) is 24.3. The second kappa shape index (κ2) is 9.94. The molecule has 2 fully saturated rings. The number of piperazine rings is 1. The number of halogens is 1. The summed E-state index contributed by atoms with van der Waals surface area (Å²) in [5.74, 6) is -0.255. The number of carbonyl (C=O) groups excluding carboxylic acids is 1. The fourth-order valence-electron chi connectivity index (χ4n) is 4.51. The molecule has 12 heteroatoms. The van der Waals surface area contributed by atoms with Crippen molar-refractivity contribution in [2.75, 3.05) is 50.4 Å². The number of amides is 1. The van der Waals surface area contributed by atoms with Gasteiger partial charge in [-0.05, 0) is 43.4 Å². The van der Waals surface area contributed by atoms with E-state index in [1.54, 1.807) is 29.2 Å². The lowest BCUT2D eigenvalue weighted by Gasteiger charge is -2.38. The molecule has 2 aliphatic heterocycles. The first-order valence-corrected chi connectivity index (χ1v) is 15.8. The normalized spacial score (nSPS) is 20.2. The van der Waals surface area contributed by atoms with Crippen LogP contribution in [0.2, 0.25) is 4.34 Å². The first-order valence-electron chi connectivity index (χ1n) is 11.1. The number of hydrogen-bond acceptors (Lipinski definition) is 8. The van der Waals surface area contributed by atoms with Gasteiger partial charge in [0.1, 0.15) is 4.21 Å². The summed E-state index contributed by atoms with van der Waals surface area (Å²) in [5, 5.41) is 0.994. The quantitative estimate of drug-likeness (QED) is 0.431. The Morgan fingerprint density at radius 1 is 1.12 bits per heavy atom. The summed E-state index contributed by atoms with van der Waals surface area (Å²) in [6.07, 6.45) is 3.45. The number of benzene rings is 1. The van der Waals surface area contributed by atoms with Crippen LogP contribution in [0.4, 0.5) is 5.13 Å². The van der Waals surface area contributed by atoms with E-state index in [0.717, 1.165) is 35.1 Å². The minimum absolute atomic E-state index is 0.0535. The zero-order valence-electron chi connectivity index (χ0n) is 18.6. The van der Waals surface area contributed by atoms with Crippen LogP contribution in [0.3, 0.4) is 0 Å². The Labute approximate surface area is 216 Å². The molecule has 1 amide bonds. The zero-order chi connectivity index (χ0) is 23.9. The van der Waals surface area contributed by atoms with Crippen LogP contribution in [0.1, 0.15) is 12.8 Å². The Kier molecular flexibility index (Phi) is 7.12. The van der Waals surface area contributed by atoms with Crippen LogP contribution < -0.4 is 4.90 Å². The highest BCUT2D eigenvalue weighted by Gasteiger charge is 2.36. The van der Waals surface area contributed by atoms with E-state index in [4.69, 9.17) is 16.6 Å². The third-order valence-corrected chi connectivity index (χ3v) is 11.7. The van der Waals surface area contributed by atoms with Crippen molar-refractivity contribution in [1.29, 1.82) is 0 Å². The van der Waals surface area contributed by atoms with Crippen molar-refractivity contribution >= 4 is 77.3 Å². The molecule has 2 aliphatic rings. The number of carbonyl (C=O) groups is 1. The van der Waals surface area contributed by atoms with E-state index in [1.807, 2.05) is 4.90 Å². The van der Waals surface area contributed by atoms with Crippen molar-refractivity contribution in [3.05, 3.63) is 34.7 Å². The summed E-state index contributed by atoms with van der Waals surface area (Å²) in [7, 11) is -3.62. The van der Waals surface area contributed by atoms with Gasteiger partial charge in [0.2, 0.25) is 5.91 Å². The molecule has 182 valence electrons. The van der Waals surface area contributed by atoms with Crippen molar-refractivity contribution in [1.82, 2.24) is 14.2 Å². The van der Waals surface area contributed by atoms with Gasteiger partial charge in [-0.3, -0.25) is 4.79 Å². The van der Waals surface area contributed by atoms with E-state index in [9.17, 15) is 13.2 Å². The molecule has 5 rings (SSSR count). The lowest BCUT2D eigenvalue weighted by Crippen LogP contribution is -2.53. The minimum atomic E-state index is -3.62. The summed E-state index contributed by atoms with van der Waals surface area (Å²) < 4.78 is 29.3. The number of piperidine rings is 1. The molecule has 1 unspecified atom stereocenters. The number of aromatic nitrogens is 1. The molecule has 2 saturated heterocycles. The van der Waals surface area contributed by atoms with Crippen molar-refractivity contribution in [3.63, 3.8) is 0 Å². The summed E-state index contributed by atoms with van der Waals surface area (Å²) in [6, 6.07) is 9.39. The summed E-state index contributed by atoms with van der Waals surface area (Å²) in [6.45, 7) is 3.35. The standard InChI is InChI=1S/C22H25ClN4O3S4/c1-31-16-5-2-6-17-20(16)24-22(32-17)26-12-10-25(11-13-26)21(28)15-4-3-9-27(14-15)34(29,30)19-8-7-18(23)33-19/h2,5-8,15H,3-4,9-14H2,1H3. The smallest absolute Gasteiger partial charge is 0.252 e. The maximum atomic E-state index is 13.3. The molecule has 0 bridgehead atoms. The first-order chi connectivity index (χ1) is 16.4. The zero-order valence-corrected chi connectivity index (χ0v) is 22.7. The van der Waals surface area contributed by atoms with E-state index in [1.165, 1.54) is 20.0 Å². The van der Waals surface area contributed by atoms with Crippen LogP contribution in [0, 0.1) is 5.92 Å². The molecule has 34 heavy (non-hydrogen) atoms. The highest BCUT2D eigenvalue weighted by Crippen LogP contribution is 2.35. The van der Waals surface area contributed by atoms with Crippen molar-refractivity contribution in [3.8, 4) is 0 Å². The molecular formula is C22H25ClN4O3S4. The van der Waals surface area contributed by atoms with Gasteiger partial charge in [-0.1, -0.05) is 29.0 Å². The molecule has 0 saturated carbocycles. The predicted molar refractivity (Wildman–Crippen MR) is 141 cm³/mol. The number of rotatable bonds is 5. The monoisotopic (exact) mass is 556 g/mol. The molecule has 1 atom stereocenters. The van der Waals surface area contributed by atoms with E-state index in [-0.39, 0.29) is 22.6 Å². The number of thiazole rings is 1. The predicted octanol–water partition coefficient (Wildman–Crippen LogP) is 4.48. The van der Waals surface area contributed by atoms with Gasteiger partial charge in [-0.2, -0.15) is 4.31 Å². The topological polar surface area (TPSA) is 73.8 Å². The van der Waals surface area contributed by atoms with Crippen LogP contribution >= 0.6 is 46.0 Å². The fraction of sp³-hybridized carbons (Fsp3) is 0.455. The molecular weight excluding hydrogens is 532 g/mol. The Morgan fingerprint density at radius 2 is 1.91 bits per heavy atom. The molecule has 3 aromatic rings. The maximum absolute atomic E-state index is 13.3. The lowest BCUT2D eigenvalue weighted by atomic mass is 9.98. The Bertz CT molecular complexity index is 1300. The lowest BCUT2D eigenvalue weighted by molar-refractivity contribution is -0.137. The van der Waals surface area contributed by atoms with Crippen LogP contribution in [0.25, 0.3) is 10.2 Å². The van der Waals surface area contributed by atoms with Gasteiger partial charge >= 0.3 is 0 Å². The molecule has 2 aromatic heterocycles. The maximum Gasteiger partial charge on any atom is 0.252 e. The SMILES string of the molecule is CSc1cccc2sc(N3CCN(C(=O)C4CCCN(S(=O)(=O)c5ccc(Cl)s5)C4)CC3)nc12. The van der Waals surface area contributed by atoms with E-state index in [0.29, 0.717) is 36.8 Å². The van der Waals surface area contributed by atoms with Gasteiger partial charge in [-0.15, -0.1) is 23.1 Å². The third kappa shape index (κ3) is 4.70. The number of fused-ring (bicyclic) bond motifs is 1. The Morgan fingerprint density at radius 3 is 2.62 bits per heavy atom. The van der Waals surface area contributed by atoms with Gasteiger partial charge in [0.05, 0.1) is 20.5 Å². The molecule has 0 aliphatic carbocycles. The molecule has 0 spiro atoms. The number of nitrogens with zero attached hydrogens (tertiary/aromatic N) is 4. The molecule has 0 radical (unpaired) electrons. The van der Waals surface area contributed by atoms with Crippen LogP contribution in [0.5, 0.6) is 0 Å². The number of anilines is 1. The minimum Gasteiger partial charge on any atom is -0.345 e. The van der Waals surface area contributed by atoms with Crippen molar-refractivity contribution in [2.45, 2.75) is 21.9 Å². The van der Waals surface area contributed by atoms with Crippen LogP contribution in [-0.2, 0) is 14.8 Å². The molecule has 7 nitrogen and oxygen atoms in total. The van der Waals surface area contributed by atoms with Gasteiger partial charge in [0, 0.05) is 44.2 Å². The fourth-order valence-corrected chi connectivity index (χ4v) is 9.35. The number of thiophene rings is 1. The number of sulfonamides is 1. The van der Waals surface area contributed by atoms with Crippen LogP contribution in [0.15, 0.2) is 39.4 Å². The van der Waals surface area contributed by atoms with E-state index >= 15 is 0 Å². The van der Waals surface area contributed by atoms with Crippen molar-refractivity contribution < 1.29 is 13.2 Å². The largest absolute Gasteiger partial charge is 0.345 e. The number of hydrogen-bond donors (Lipinski definition) is 0. The average molecular weight is 557 g/mol. The van der Waals surface area contributed by atoms with Gasteiger partial charge in [0.15, 0.2) is 5.13 Å². The average Bonchev–Trinajstić information content (AvgIpc) is 3.50. The summed E-state index contributed by atoms with van der Waals surface area (Å²) >= 11 is 10.4. The molecule has 0 N–H and O–H groups in total. The Balaban J connectivity index is 1.23. The van der Waals surface area contributed by atoms with Gasteiger partial charge in [-0.25, -0.2) is 13.4 Å². The number of para-hydroxylation sites is 1. The summed E-state index contributed by atoms with van der Waals surface area (Å²) in [5.41, 5.74) is 1.05. The number of thioether (sulfide) groups is 1. The third-order valence-electron chi connectivity index (χ3n) is 6.33. The van der Waals surface area contributed by atoms with Crippen LogP contribution in [-0.4, -0.2) is 74.0 Å². The highest BCUT2D eigenvalue weighted by molar-refractivity contribution is 7.98. The van der Waals surface area contributed by atoms with Gasteiger partial charge < -0.3 is 9.80 Å². The van der Waals surface area contributed by atoms with Crippen molar-refractivity contribution in [2.24, 2.45) is 5.92 Å². The van der Waals surface area contributed by atoms with E-state index < -0.39 is 10.0 Å².